The molecule has 0 aliphatic carbocycles. The lowest BCUT2D eigenvalue weighted by Gasteiger charge is -2.22. The predicted molar refractivity (Wildman–Crippen MR) is 83.1 cm³/mol. The van der Waals surface area contributed by atoms with E-state index in [9.17, 15) is 13.2 Å². The van der Waals surface area contributed by atoms with Gasteiger partial charge in [-0.05, 0) is 30.2 Å². The molecule has 1 aliphatic heterocycles. The van der Waals surface area contributed by atoms with Gasteiger partial charge in [-0.2, -0.15) is 13.2 Å². The number of benzene rings is 1. The highest BCUT2D eigenvalue weighted by atomic mass is 19.4. The maximum absolute atomic E-state index is 13.3. The third-order valence-corrected chi connectivity index (χ3v) is 3.70. The van der Waals surface area contributed by atoms with Crippen molar-refractivity contribution in [2.45, 2.75) is 38.5 Å². The first-order valence-electron chi connectivity index (χ1n) is 7.46. The average Bonchev–Trinajstić information content (AvgIpc) is 2.95. The molecule has 0 radical (unpaired) electrons. The topological polar surface area (TPSA) is 42.8 Å². The second-order valence-corrected chi connectivity index (χ2v) is 5.82. The van der Waals surface area contributed by atoms with E-state index in [0.717, 1.165) is 0 Å². The van der Waals surface area contributed by atoms with Crippen LogP contribution in [0.5, 0.6) is 5.75 Å². The first kappa shape index (κ1) is 17.4. The van der Waals surface area contributed by atoms with E-state index >= 15 is 0 Å². The van der Waals surface area contributed by atoms with Gasteiger partial charge in [-0.3, -0.25) is 0 Å². The van der Waals surface area contributed by atoms with E-state index in [-0.39, 0.29) is 24.3 Å². The molecule has 0 spiro atoms. The van der Waals surface area contributed by atoms with Crippen LogP contribution in [0.15, 0.2) is 29.3 Å². The van der Waals surface area contributed by atoms with E-state index in [2.05, 4.69) is 10.3 Å². The Kier molecular flexibility index (Phi) is 5.38. The molecule has 1 N–H and O–H groups in total. The monoisotopic (exact) mass is 330 g/mol. The van der Waals surface area contributed by atoms with Crippen molar-refractivity contribution in [2.24, 2.45) is 10.9 Å². The van der Waals surface area contributed by atoms with Crippen LogP contribution < -0.4 is 10.1 Å². The molecule has 1 aromatic rings. The molecular formula is C16H21F3N2O2. The zero-order valence-electron chi connectivity index (χ0n) is 13.4. The Bertz CT molecular complexity index is 541. The number of nitrogens with zero attached hydrogens (tertiary/aromatic N) is 1. The quantitative estimate of drug-likeness (QED) is 0.861. The van der Waals surface area contributed by atoms with Gasteiger partial charge in [0.1, 0.15) is 18.4 Å². The number of hydrogen-bond donors (Lipinski definition) is 1. The van der Waals surface area contributed by atoms with Crippen molar-refractivity contribution in [3.05, 3.63) is 24.3 Å². The summed E-state index contributed by atoms with van der Waals surface area (Å²) in [7, 11) is 1.50. The van der Waals surface area contributed by atoms with Gasteiger partial charge < -0.3 is 14.8 Å². The van der Waals surface area contributed by atoms with Crippen molar-refractivity contribution in [2.75, 3.05) is 19.0 Å². The molecule has 0 saturated heterocycles. The molecule has 0 aromatic heterocycles. The number of hydrogen-bond acceptors (Lipinski definition) is 4. The standard InChI is InChI=1S/C16H21F3N2O2/c1-10(2)13-9-23-15(21-13)8-14(16(17,18)19)20-11-4-6-12(22-3)7-5-11/h4-7,10,13-14,20H,8-9H2,1-3H3/t13-,14-/m1/s1. The van der Waals surface area contributed by atoms with Gasteiger partial charge in [0.2, 0.25) is 0 Å². The summed E-state index contributed by atoms with van der Waals surface area (Å²) >= 11 is 0. The maximum Gasteiger partial charge on any atom is 0.409 e. The van der Waals surface area contributed by atoms with Gasteiger partial charge in [0.25, 0.3) is 0 Å². The normalized spacial score (nSPS) is 19.3. The van der Waals surface area contributed by atoms with Crippen LogP contribution >= 0.6 is 0 Å². The van der Waals surface area contributed by atoms with E-state index in [1.54, 1.807) is 24.3 Å². The summed E-state index contributed by atoms with van der Waals surface area (Å²) in [6.07, 6.45) is -4.72. The highest BCUT2D eigenvalue weighted by Crippen LogP contribution is 2.28. The number of anilines is 1. The summed E-state index contributed by atoms with van der Waals surface area (Å²) in [5.74, 6) is 0.987. The molecule has 4 nitrogen and oxygen atoms in total. The van der Waals surface area contributed by atoms with Crippen molar-refractivity contribution in [1.29, 1.82) is 0 Å². The van der Waals surface area contributed by atoms with Gasteiger partial charge in [-0.25, -0.2) is 4.99 Å². The number of ether oxygens (including phenoxy) is 2. The van der Waals surface area contributed by atoms with Gasteiger partial charge >= 0.3 is 6.18 Å². The summed E-state index contributed by atoms with van der Waals surface area (Å²) in [6.45, 7) is 4.29. The van der Waals surface area contributed by atoms with E-state index in [1.165, 1.54) is 7.11 Å². The van der Waals surface area contributed by atoms with E-state index in [0.29, 0.717) is 18.0 Å². The van der Waals surface area contributed by atoms with Gasteiger partial charge in [0, 0.05) is 5.69 Å². The SMILES string of the molecule is COc1ccc(N[C@H](CC2=N[C@@H](C(C)C)CO2)C(F)(F)F)cc1. The maximum atomic E-state index is 13.3. The molecule has 0 saturated carbocycles. The number of nitrogens with one attached hydrogen (secondary N) is 1. The Morgan fingerprint density at radius 1 is 1.30 bits per heavy atom. The van der Waals surface area contributed by atoms with Crippen LogP contribution in [0.3, 0.4) is 0 Å². The number of halogens is 3. The smallest absolute Gasteiger partial charge is 0.409 e. The second kappa shape index (κ2) is 7.10. The summed E-state index contributed by atoms with van der Waals surface area (Å²) < 4.78 is 50.1. The van der Waals surface area contributed by atoms with Gasteiger partial charge in [0.05, 0.1) is 19.6 Å². The number of methoxy groups -OCH3 is 1. The van der Waals surface area contributed by atoms with Crippen molar-refractivity contribution >= 4 is 11.6 Å². The van der Waals surface area contributed by atoms with E-state index < -0.39 is 12.2 Å². The Hall–Kier alpha value is -1.92. The first-order valence-corrected chi connectivity index (χ1v) is 7.46. The fraction of sp³-hybridized carbons (Fsp3) is 0.562. The minimum atomic E-state index is -4.40. The molecule has 0 unspecified atom stereocenters. The van der Waals surface area contributed by atoms with Crippen LogP contribution in [0, 0.1) is 5.92 Å². The van der Waals surface area contributed by atoms with Gasteiger partial charge in [-0.15, -0.1) is 0 Å². The fourth-order valence-electron chi connectivity index (χ4n) is 2.21. The highest BCUT2D eigenvalue weighted by Gasteiger charge is 2.41. The van der Waals surface area contributed by atoms with Crippen LogP contribution in [-0.4, -0.2) is 37.9 Å². The van der Waals surface area contributed by atoms with Crippen molar-refractivity contribution in [1.82, 2.24) is 0 Å². The Morgan fingerprint density at radius 3 is 2.43 bits per heavy atom. The first-order chi connectivity index (χ1) is 10.8. The molecule has 128 valence electrons. The molecule has 0 amide bonds. The third kappa shape index (κ3) is 4.77. The lowest BCUT2D eigenvalue weighted by molar-refractivity contribution is -0.141. The van der Waals surface area contributed by atoms with E-state index in [1.807, 2.05) is 13.8 Å². The lowest BCUT2D eigenvalue weighted by Crippen LogP contribution is -2.38. The summed E-state index contributed by atoms with van der Waals surface area (Å²) in [6, 6.07) is 4.49. The lowest BCUT2D eigenvalue weighted by atomic mass is 10.1. The molecule has 0 bridgehead atoms. The molecule has 2 atom stereocenters. The highest BCUT2D eigenvalue weighted by molar-refractivity contribution is 5.79. The van der Waals surface area contributed by atoms with Crippen LogP contribution in [0.2, 0.25) is 0 Å². The minimum Gasteiger partial charge on any atom is -0.497 e. The molecular weight excluding hydrogens is 309 g/mol. The van der Waals surface area contributed by atoms with Crippen molar-refractivity contribution in [3.8, 4) is 5.75 Å². The number of alkyl halides is 3. The largest absolute Gasteiger partial charge is 0.497 e. The summed E-state index contributed by atoms with van der Waals surface area (Å²) in [5, 5.41) is 2.50. The van der Waals surface area contributed by atoms with Crippen LogP contribution in [-0.2, 0) is 4.74 Å². The molecule has 23 heavy (non-hydrogen) atoms. The molecule has 1 heterocycles. The van der Waals surface area contributed by atoms with Crippen LogP contribution in [0.25, 0.3) is 0 Å². The van der Waals surface area contributed by atoms with Gasteiger partial charge in [0.15, 0.2) is 5.90 Å². The summed E-state index contributed by atoms with van der Waals surface area (Å²) in [4.78, 5) is 4.24. The molecule has 7 heteroatoms. The predicted octanol–water partition coefficient (Wildman–Crippen LogP) is 3.88. The average molecular weight is 330 g/mol. The zero-order valence-corrected chi connectivity index (χ0v) is 13.4. The molecule has 2 rings (SSSR count). The number of rotatable bonds is 6. The fourth-order valence-corrected chi connectivity index (χ4v) is 2.21. The Morgan fingerprint density at radius 2 is 1.96 bits per heavy atom. The number of aliphatic imine (C=N–C) groups is 1. The Labute approximate surface area is 133 Å². The van der Waals surface area contributed by atoms with Crippen LogP contribution in [0.1, 0.15) is 20.3 Å². The molecule has 1 aromatic carbocycles. The second-order valence-electron chi connectivity index (χ2n) is 5.82. The molecule has 0 fully saturated rings. The summed E-state index contributed by atoms with van der Waals surface area (Å²) in [5.41, 5.74) is 0.368. The van der Waals surface area contributed by atoms with Crippen molar-refractivity contribution < 1.29 is 22.6 Å². The van der Waals surface area contributed by atoms with Crippen LogP contribution in [0.4, 0.5) is 18.9 Å². The molecule has 1 aliphatic rings. The van der Waals surface area contributed by atoms with Gasteiger partial charge in [-0.1, -0.05) is 13.8 Å². The minimum absolute atomic E-state index is 0.0696. The van der Waals surface area contributed by atoms with Crippen molar-refractivity contribution in [3.63, 3.8) is 0 Å². The Balaban J connectivity index is 2.07. The third-order valence-electron chi connectivity index (χ3n) is 3.70. The zero-order chi connectivity index (χ0) is 17.0. The van der Waals surface area contributed by atoms with E-state index in [4.69, 9.17) is 9.47 Å².